The summed E-state index contributed by atoms with van der Waals surface area (Å²) in [5.41, 5.74) is 7.05. The molecule has 2 atom stereocenters. The lowest BCUT2D eigenvalue weighted by molar-refractivity contribution is 0.0370. The van der Waals surface area contributed by atoms with Crippen LogP contribution < -0.4 is 10.5 Å². The zero-order valence-electron chi connectivity index (χ0n) is 21.7. The number of carbonyl (C=O) groups excluding carboxylic acids is 1. The van der Waals surface area contributed by atoms with E-state index in [-0.39, 0.29) is 5.92 Å². The molecule has 1 aromatic heterocycles. The molecule has 0 fully saturated rings. The van der Waals surface area contributed by atoms with Gasteiger partial charge < -0.3 is 14.8 Å². The summed E-state index contributed by atoms with van der Waals surface area (Å²) in [6, 6.07) is 15.3. The van der Waals surface area contributed by atoms with Gasteiger partial charge in [0.15, 0.2) is 9.92 Å². The maximum absolute atomic E-state index is 13.3. The average molecular weight is 554 g/mol. The van der Waals surface area contributed by atoms with Crippen molar-refractivity contribution in [2.45, 2.75) is 62.2 Å². The molecular formula is C29H35N3O4S2. The van der Waals surface area contributed by atoms with Crippen LogP contribution in [0.25, 0.3) is 0 Å². The van der Waals surface area contributed by atoms with Gasteiger partial charge in [0.1, 0.15) is 4.21 Å². The molecule has 2 aliphatic carbocycles. The Morgan fingerprint density at radius 1 is 1.03 bits per heavy atom. The van der Waals surface area contributed by atoms with E-state index < -0.39 is 15.9 Å². The highest BCUT2D eigenvalue weighted by Crippen LogP contribution is 2.38. The number of nitrogens with two attached hydrogens (primary N) is 1. The number of benzene rings is 2. The van der Waals surface area contributed by atoms with Crippen molar-refractivity contribution < 1.29 is 18.5 Å². The Morgan fingerprint density at radius 3 is 2.42 bits per heavy atom. The zero-order chi connectivity index (χ0) is 26.5. The van der Waals surface area contributed by atoms with Gasteiger partial charge in [-0.25, -0.2) is 14.1 Å². The predicted octanol–water partition coefficient (Wildman–Crippen LogP) is 6.00. The van der Waals surface area contributed by atoms with Crippen LogP contribution in [0.1, 0.15) is 58.4 Å². The summed E-state index contributed by atoms with van der Waals surface area (Å²) in [5.74, 6) is 0.0846. The number of amides is 2. The van der Waals surface area contributed by atoms with E-state index in [9.17, 15) is 9.00 Å². The number of rotatable bonds is 10. The number of hydrogen-bond acceptors (Lipinski definition) is 5. The number of hydrogen-bond donors (Lipinski definition) is 2. The Hall–Kier alpha value is -2.56. The van der Waals surface area contributed by atoms with Crippen LogP contribution >= 0.6 is 11.3 Å². The number of carbonyl (C=O) groups is 1. The third-order valence-corrected chi connectivity index (χ3v) is 10.4. The molecule has 1 unspecified atom stereocenters. The average Bonchev–Trinajstić information content (AvgIpc) is 3.67. The van der Waals surface area contributed by atoms with Crippen molar-refractivity contribution in [1.82, 2.24) is 0 Å². The minimum Gasteiger partial charge on any atom is -0.378 e. The summed E-state index contributed by atoms with van der Waals surface area (Å²) in [6.45, 7) is 4.10. The van der Waals surface area contributed by atoms with Gasteiger partial charge in [-0.1, -0.05) is 43.3 Å². The number of anilines is 1. The Morgan fingerprint density at radius 2 is 1.71 bits per heavy atom. The molecule has 38 heavy (non-hydrogen) atoms. The smallest absolute Gasteiger partial charge is 0.354 e. The van der Waals surface area contributed by atoms with Crippen molar-refractivity contribution in [2.75, 3.05) is 25.1 Å². The van der Waals surface area contributed by atoms with Gasteiger partial charge in [0.25, 0.3) is 0 Å². The van der Waals surface area contributed by atoms with Crippen molar-refractivity contribution in [1.29, 1.82) is 0 Å². The molecule has 2 aliphatic rings. The monoisotopic (exact) mass is 553 g/mol. The molecular weight excluding hydrogens is 518 g/mol. The van der Waals surface area contributed by atoms with Crippen LogP contribution in [-0.2, 0) is 51.7 Å². The SMILES string of the molecule is C[C@@H](COCCOCc1ccccc1)c1ccc(S(N)(=O)=NC(=O)Nc2c3c(cc4c2CCC4)CCC3)s1. The molecule has 5 rings (SSSR count). The molecule has 9 heteroatoms. The van der Waals surface area contributed by atoms with Crippen LogP contribution in [0.15, 0.2) is 57.1 Å². The first-order valence-corrected chi connectivity index (χ1v) is 15.6. The van der Waals surface area contributed by atoms with Gasteiger partial charge in [-0.15, -0.1) is 15.7 Å². The largest absolute Gasteiger partial charge is 0.378 e. The molecule has 0 radical (unpaired) electrons. The Bertz CT molecular complexity index is 1380. The van der Waals surface area contributed by atoms with E-state index in [1.165, 1.54) is 33.6 Å². The maximum Gasteiger partial charge on any atom is 0.354 e. The van der Waals surface area contributed by atoms with E-state index in [0.717, 1.165) is 54.7 Å². The lowest BCUT2D eigenvalue weighted by Gasteiger charge is -2.15. The van der Waals surface area contributed by atoms with Gasteiger partial charge >= 0.3 is 6.03 Å². The van der Waals surface area contributed by atoms with Gasteiger partial charge in [0.2, 0.25) is 0 Å². The van der Waals surface area contributed by atoms with E-state index >= 15 is 0 Å². The first-order chi connectivity index (χ1) is 18.4. The summed E-state index contributed by atoms with van der Waals surface area (Å²) in [4.78, 5) is 13.9. The van der Waals surface area contributed by atoms with Crippen LogP contribution in [0.5, 0.6) is 0 Å². The Kier molecular flexibility index (Phi) is 8.60. The molecule has 202 valence electrons. The third kappa shape index (κ3) is 6.35. The minimum absolute atomic E-state index is 0.0846. The maximum atomic E-state index is 13.3. The topological polar surface area (TPSA) is 103 Å². The van der Waals surface area contributed by atoms with Crippen LogP contribution in [0, 0.1) is 0 Å². The molecule has 0 bridgehead atoms. The van der Waals surface area contributed by atoms with E-state index in [2.05, 4.69) is 15.7 Å². The van der Waals surface area contributed by atoms with Crippen LogP contribution in [0.3, 0.4) is 0 Å². The fourth-order valence-corrected chi connectivity index (χ4v) is 7.54. The minimum atomic E-state index is -3.36. The van der Waals surface area contributed by atoms with Gasteiger partial charge in [0.05, 0.1) is 26.4 Å². The number of thiophene rings is 1. The summed E-state index contributed by atoms with van der Waals surface area (Å²) >= 11 is 1.32. The van der Waals surface area contributed by atoms with Crippen molar-refractivity contribution in [3.63, 3.8) is 0 Å². The first-order valence-electron chi connectivity index (χ1n) is 13.2. The number of fused-ring (bicyclic) bond motifs is 2. The lowest BCUT2D eigenvalue weighted by atomic mass is 9.99. The Labute approximate surface area is 229 Å². The van der Waals surface area contributed by atoms with Gasteiger partial charge in [-0.2, -0.15) is 0 Å². The number of aryl methyl sites for hydroxylation is 2. The van der Waals surface area contributed by atoms with E-state index in [0.29, 0.717) is 30.6 Å². The predicted molar refractivity (Wildman–Crippen MR) is 152 cm³/mol. The molecule has 0 aliphatic heterocycles. The summed E-state index contributed by atoms with van der Waals surface area (Å²) in [5, 5.41) is 9.06. The van der Waals surface area contributed by atoms with Crippen LogP contribution in [0.4, 0.5) is 10.5 Å². The highest BCUT2D eigenvalue weighted by molar-refractivity contribution is 7.93. The van der Waals surface area contributed by atoms with Gasteiger partial charge in [-0.3, -0.25) is 0 Å². The number of nitrogens with one attached hydrogen (secondary N) is 1. The molecule has 3 N–H and O–H groups in total. The fourth-order valence-electron chi connectivity index (χ4n) is 5.25. The molecule has 7 nitrogen and oxygen atoms in total. The second-order valence-electron chi connectivity index (χ2n) is 10.00. The number of nitrogens with zero attached hydrogens (tertiary/aromatic N) is 1. The molecule has 2 amide bonds. The quantitative estimate of drug-likeness (QED) is 0.301. The Balaban J connectivity index is 1.16. The van der Waals surface area contributed by atoms with Crippen LogP contribution in [-0.4, -0.2) is 30.1 Å². The number of ether oxygens (including phenoxy) is 2. The molecule has 0 saturated carbocycles. The highest BCUT2D eigenvalue weighted by Gasteiger charge is 2.25. The molecule has 3 aromatic rings. The molecule has 2 aromatic carbocycles. The summed E-state index contributed by atoms with van der Waals surface area (Å²) < 4.78 is 29.0. The van der Waals surface area contributed by atoms with E-state index in [1.807, 2.05) is 43.3 Å². The standard InChI is InChI=1S/C29H35N3O4S2/c1-20(18-35-15-16-36-19-21-7-3-2-4-8-21)26-13-14-27(37-26)38(30,34)32-29(33)31-28-24-11-5-9-22(24)17-23-10-6-12-25(23)28/h2-4,7-8,13-14,17,20H,5-6,9-12,15-16,18-19H2,1H3,(H3,30,31,32,33,34)/t20-,38?/m0/s1. The van der Waals surface area contributed by atoms with E-state index in [1.54, 1.807) is 6.07 Å². The van der Waals surface area contributed by atoms with Gasteiger partial charge in [0, 0.05) is 16.5 Å². The lowest BCUT2D eigenvalue weighted by Crippen LogP contribution is -2.18. The van der Waals surface area contributed by atoms with Crippen molar-refractivity contribution in [3.05, 3.63) is 81.2 Å². The normalized spacial score (nSPS) is 16.5. The molecule has 0 spiro atoms. The summed E-state index contributed by atoms with van der Waals surface area (Å²) in [6.07, 6.45) is 6.15. The second-order valence-corrected chi connectivity index (χ2v) is 13.1. The van der Waals surface area contributed by atoms with Gasteiger partial charge in [-0.05, 0) is 78.5 Å². The van der Waals surface area contributed by atoms with E-state index in [4.69, 9.17) is 14.6 Å². The summed E-state index contributed by atoms with van der Waals surface area (Å²) in [7, 11) is -3.36. The molecule has 1 heterocycles. The fraction of sp³-hybridized carbons (Fsp3) is 0.414. The molecule has 0 saturated heterocycles. The van der Waals surface area contributed by atoms with Crippen molar-refractivity contribution in [3.8, 4) is 0 Å². The van der Waals surface area contributed by atoms with Crippen LogP contribution in [0.2, 0.25) is 0 Å². The number of urea groups is 1. The first kappa shape index (κ1) is 27.0. The second kappa shape index (κ2) is 12.1. The zero-order valence-corrected chi connectivity index (χ0v) is 23.4. The highest BCUT2D eigenvalue weighted by atomic mass is 32.2. The third-order valence-electron chi connectivity index (χ3n) is 7.15. The van der Waals surface area contributed by atoms with Crippen molar-refractivity contribution >= 4 is 33.0 Å². The van der Waals surface area contributed by atoms with Crippen molar-refractivity contribution in [2.24, 2.45) is 9.50 Å².